The number of aliphatic hydroxyl groups is 1. The van der Waals surface area contributed by atoms with Crippen LogP contribution in [-0.4, -0.2) is 34.8 Å². The van der Waals surface area contributed by atoms with Gasteiger partial charge < -0.3 is 21.4 Å². The van der Waals surface area contributed by atoms with E-state index in [2.05, 4.69) is 10.5 Å². The molecule has 19 heavy (non-hydrogen) atoms. The van der Waals surface area contributed by atoms with E-state index in [9.17, 15) is 5.11 Å². The molecule has 5 N–H and O–H groups in total. The second-order valence-corrected chi connectivity index (χ2v) is 6.40. The minimum absolute atomic E-state index is 0.0267. The second kappa shape index (κ2) is 7.10. The standard InChI is InChI=1S/C14H29N3O2/c1-13(2,12(15)17-19)7-5-6-10-16-14(11-18)8-3-4-9-14/h16,18-19H,3-11H2,1-2H3,(H2,15,17). The third-order valence-electron chi connectivity index (χ3n) is 4.39. The Labute approximate surface area is 116 Å². The molecule has 0 aliphatic heterocycles. The number of nitrogens with two attached hydrogens (primary N) is 1. The molecule has 0 radical (unpaired) electrons. The van der Waals surface area contributed by atoms with Gasteiger partial charge in [-0.1, -0.05) is 38.3 Å². The molecular formula is C14H29N3O2. The van der Waals surface area contributed by atoms with Gasteiger partial charge in [-0.05, 0) is 32.2 Å². The number of nitrogens with one attached hydrogen (secondary N) is 1. The molecule has 0 atom stereocenters. The smallest absolute Gasteiger partial charge is 0.144 e. The normalized spacial score (nSPS) is 19.8. The SMILES string of the molecule is CC(C)(CCCCNC1(CO)CCCC1)C(N)=NO. The monoisotopic (exact) mass is 271 g/mol. The maximum atomic E-state index is 9.48. The van der Waals surface area contributed by atoms with Crippen molar-refractivity contribution in [2.75, 3.05) is 13.2 Å². The molecule has 0 bridgehead atoms. The summed E-state index contributed by atoms with van der Waals surface area (Å²) in [5.74, 6) is 0.295. The Morgan fingerprint density at radius 3 is 2.47 bits per heavy atom. The first kappa shape index (κ1) is 16.2. The lowest BCUT2D eigenvalue weighted by Crippen LogP contribution is -2.46. The van der Waals surface area contributed by atoms with Crippen molar-refractivity contribution >= 4 is 5.84 Å². The number of oxime groups is 1. The maximum Gasteiger partial charge on any atom is 0.144 e. The van der Waals surface area contributed by atoms with Gasteiger partial charge in [-0.2, -0.15) is 0 Å². The molecule has 0 heterocycles. The molecule has 1 rings (SSSR count). The van der Waals surface area contributed by atoms with Crippen molar-refractivity contribution in [3.05, 3.63) is 0 Å². The average molecular weight is 271 g/mol. The molecule has 1 aliphatic carbocycles. The van der Waals surface area contributed by atoms with Gasteiger partial charge in [0.2, 0.25) is 0 Å². The molecule has 0 unspecified atom stereocenters. The van der Waals surface area contributed by atoms with E-state index in [1.165, 1.54) is 12.8 Å². The number of hydrogen-bond donors (Lipinski definition) is 4. The summed E-state index contributed by atoms with van der Waals surface area (Å²) in [6, 6.07) is 0. The molecule has 1 saturated carbocycles. The third kappa shape index (κ3) is 4.66. The number of rotatable bonds is 8. The van der Waals surface area contributed by atoms with Crippen LogP contribution in [0.2, 0.25) is 0 Å². The third-order valence-corrected chi connectivity index (χ3v) is 4.39. The highest BCUT2D eigenvalue weighted by atomic mass is 16.4. The molecule has 0 spiro atoms. The van der Waals surface area contributed by atoms with Crippen molar-refractivity contribution in [2.45, 2.75) is 64.3 Å². The Bertz CT molecular complexity index is 297. The van der Waals surface area contributed by atoms with Crippen molar-refractivity contribution in [3.63, 3.8) is 0 Å². The first-order valence-corrected chi connectivity index (χ1v) is 7.30. The Morgan fingerprint density at radius 1 is 1.32 bits per heavy atom. The van der Waals surface area contributed by atoms with Crippen LogP contribution >= 0.6 is 0 Å². The van der Waals surface area contributed by atoms with E-state index in [0.29, 0.717) is 5.84 Å². The van der Waals surface area contributed by atoms with Gasteiger partial charge >= 0.3 is 0 Å². The number of unbranched alkanes of at least 4 members (excludes halogenated alkanes) is 1. The van der Waals surface area contributed by atoms with Gasteiger partial charge in [-0.15, -0.1) is 0 Å². The molecular weight excluding hydrogens is 242 g/mol. The van der Waals surface area contributed by atoms with Crippen molar-refractivity contribution in [1.29, 1.82) is 0 Å². The van der Waals surface area contributed by atoms with E-state index in [-0.39, 0.29) is 17.6 Å². The van der Waals surface area contributed by atoms with Gasteiger partial charge in [0.05, 0.1) is 6.61 Å². The van der Waals surface area contributed by atoms with Crippen LogP contribution in [0.1, 0.15) is 58.8 Å². The van der Waals surface area contributed by atoms with Crippen LogP contribution in [-0.2, 0) is 0 Å². The quantitative estimate of drug-likeness (QED) is 0.178. The molecule has 0 aromatic heterocycles. The lowest BCUT2D eigenvalue weighted by Gasteiger charge is -2.28. The first-order chi connectivity index (χ1) is 8.96. The van der Waals surface area contributed by atoms with Gasteiger partial charge in [-0.25, -0.2) is 0 Å². The predicted octanol–water partition coefficient (Wildman–Crippen LogP) is 1.82. The van der Waals surface area contributed by atoms with Crippen LogP contribution < -0.4 is 11.1 Å². The molecule has 0 aromatic rings. The van der Waals surface area contributed by atoms with Gasteiger partial charge in [0, 0.05) is 11.0 Å². The summed E-state index contributed by atoms with van der Waals surface area (Å²) in [6.45, 7) is 5.14. The van der Waals surface area contributed by atoms with Crippen LogP contribution in [0.3, 0.4) is 0 Å². The highest BCUT2D eigenvalue weighted by Gasteiger charge is 2.32. The van der Waals surface area contributed by atoms with Crippen LogP contribution in [0.4, 0.5) is 0 Å². The van der Waals surface area contributed by atoms with E-state index in [1.54, 1.807) is 0 Å². The van der Waals surface area contributed by atoms with E-state index in [1.807, 2.05) is 13.8 Å². The van der Waals surface area contributed by atoms with Crippen LogP contribution in [0, 0.1) is 5.41 Å². The van der Waals surface area contributed by atoms with Crippen molar-refractivity contribution < 1.29 is 10.3 Å². The van der Waals surface area contributed by atoms with Gasteiger partial charge in [0.25, 0.3) is 0 Å². The summed E-state index contributed by atoms with van der Waals surface area (Å²) < 4.78 is 0. The highest BCUT2D eigenvalue weighted by molar-refractivity contribution is 5.85. The molecule has 5 heteroatoms. The summed E-state index contributed by atoms with van der Waals surface area (Å²) in [6.07, 6.45) is 7.56. The number of nitrogens with zero attached hydrogens (tertiary/aromatic N) is 1. The zero-order valence-corrected chi connectivity index (χ0v) is 12.3. The summed E-state index contributed by atoms with van der Waals surface area (Å²) in [4.78, 5) is 0. The lowest BCUT2D eigenvalue weighted by molar-refractivity contribution is 0.163. The van der Waals surface area contributed by atoms with Gasteiger partial charge in [0.1, 0.15) is 5.84 Å². The molecule has 0 aromatic carbocycles. The fourth-order valence-corrected chi connectivity index (χ4v) is 2.75. The molecule has 0 amide bonds. The van der Waals surface area contributed by atoms with Crippen molar-refractivity contribution in [1.82, 2.24) is 5.32 Å². The van der Waals surface area contributed by atoms with E-state index >= 15 is 0 Å². The van der Waals surface area contributed by atoms with Gasteiger partial charge in [0.15, 0.2) is 0 Å². The maximum absolute atomic E-state index is 9.48. The fraction of sp³-hybridized carbons (Fsp3) is 0.929. The van der Waals surface area contributed by atoms with Crippen LogP contribution in [0.25, 0.3) is 0 Å². The first-order valence-electron chi connectivity index (χ1n) is 7.30. The minimum atomic E-state index is -0.253. The second-order valence-electron chi connectivity index (χ2n) is 6.40. The largest absolute Gasteiger partial charge is 0.409 e. The molecule has 1 aliphatic rings. The Hall–Kier alpha value is -0.810. The van der Waals surface area contributed by atoms with Gasteiger partial charge in [-0.3, -0.25) is 0 Å². The summed E-state index contributed by atoms with van der Waals surface area (Å²) in [5, 5.41) is 24.8. The summed E-state index contributed by atoms with van der Waals surface area (Å²) >= 11 is 0. The van der Waals surface area contributed by atoms with Crippen molar-refractivity contribution in [3.8, 4) is 0 Å². The van der Waals surface area contributed by atoms with Crippen LogP contribution in [0.5, 0.6) is 0 Å². The fourth-order valence-electron chi connectivity index (χ4n) is 2.75. The number of hydrogen-bond acceptors (Lipinski definition) is 4. The predicted molar refractivity (Wildman–Crippen MR) is 77.3 cm³/mol. The highest BCUT2D eigenvalue weighted by Crippen LogP contribution is 2.29. The lowest BCUT2D eigenvalue weighted by atomic mass is 9.86. The number of aliphatic hydroxyl groups excluding tert-OH is 1. The topological polar surface area (TPSA) is 90.9 Å². The van der Waals surface area contributed by atoms with E-state index in [4.69, 9.17) is 10.9 Å². The average Bonchev–Trinajstić information content (AvgIpc) is 2.86. The molecule has 112 valence electrons. The van der Waals surface area contributed by atoms with Crippen LogP contribution in [0.15, 0.2) is 5.16 Å². The Morgan fingerprint density at radius 2 is 1.95 bits per heavy atom. The molecule has 0 saturated heterocycles. The Kier molecular flexibility index (Phi) is 6.07. The molecule has 1 fully saturated rings. The number of amidine groups is 1. The summed E-state index contributed by atoms with van der Waals surface area (Å²) in [5.41, 5.74) is 5.38. The van der Waals surface area contributed by atoms with E-state index < -0.39 is 0 Å². The Balaban J connectivity index is 2.21. The zero-order chi connectivity index (χ0) is 14.4. The van der Waals surface area contributed by atoms with E-state index in [0.717, 1.165) is 38.6 Å². The zero-order valence-electron chi connectivity index (χ0n) is 12.3. The summed E-state index contributed by atoms with van der Waals surface area (Å²) in [7, 11) is 0. The minimum Gasteiger partial charge on any atom is -0.409 e. The van der Waals surface area contributed by atoms with Crippen molar-refractivity contribution in [2.24, 2.45) is 16.3 Å². The molecule has 5 nitrogen and oxygen atoms in total.